The lowest BCUT2D eigenvalue weighted by molar-refractivity contribution is -0.235. The lowest BCUT2D eigenvalue weighted by Gasteiger charge is -2.58. The van der Waals surface area contributed by atoms with Crippen LogP contribution in [-0.4, -0.2) is 24.9 Å². The molecule has 0 spiro atoms. The predicted octanol–water partition coefficient (Wildman–Crippen LogP) is 4.08. The lowest BCUT2D eigenvalue weighted by atomic mass is 9.56. The van der Waals surface area contributed by atoms with Crippen molar-refractivity contribution in [1.29, 1.82) is 0 Å². The van der Waals surface area contributed by atoms with E-state index in [1.54, 1.807) is 0 Å². The number of carbonyl (C=O) groups is 1. The number of hydrogen-bond donors (Lipinski definition) is 1. The van der Waals surface area contributed by atoms with E-state index in [9.17, 15) is 4.79 Å². The fourth-order valence-corrected chi connectivity index (χ4v) is 4.18. The summed E-state index contributed by atoms with van der Waals surface area (Å²) >= 11 is 0. The normalized spacial score (nSPS) is 36.9. The number of benzene rings is 1. The van der Waals surface area contributed by atoms with Crippen LogP contribution < -0.4 is 5.32 Å². The van der Waals surface area contributed by atoms with Crippen LogP contribution in [0.5, 0.6) is 0 Å². The summed E-state index contributed by atoms with van der Waals surface area (Å²) in [6, 6.07) is 9.38. The summed E-state index contributed by atoms with van der Waals surface area (Å²) in [5.74, 6) is 0.999. The first-order chi connectivity index (χ1) is 10.4. The first kappa shape index (κ1) is 15.3. The largest absolute Gasteiger partial charge is 0.449 e. The minimum atomic E-state index is -0.390. The van der Waals surface area contributed by atoms with Gasteiger partial charge >= 0.3 is 6.09 Å². The summed E-state index contributed by atoms with van der Waals surface area (Å²) in [4.78, 5) is 12.0. The molecule has 1 aromatic carbocycles. The van der Waals surface area contributed by atoms with Crippen molar-refractivity contribution in [2.75, 3.05) is 18.5 Å². The highest BCUT2D eigenvalue weighted by atomic mass is 16.6. The molecule has 4 heteroatoms. The van der Waals surface area contributed by atoms with Crippen molar-refractivity contribution in [1.82, 2.24) is 0 Å². The SMILES string of the molecule is C[C@H]1CC2(C)C[C@H](C)C1(COC(=O)Nc1ccccc1)CO2. The number of fused-ring (bicyclic) bond motifs is 3. The van der Waals surface area contributed by atoms with E-state index in [-0.39, 0.29) is 17.1 Å². The van der Waals surface area contributed by atoms with Crippen LogP contribution >= 0.6 is 0 Å². The number of amides is 1. The molecule has 1 amide bonds. The zero-order valence-corrected chi connectivity index (χ0v) is 13.6. The standard InChI is InChI=1S/C18H25NO3/c1-13-9-17(3)10-14(2)18(13,12-22-17)11-21-16(20)19-15-7-5-4-6-8-15/h4-8,13-14H,9-12H2,1-3H3,(H,19,20)/t13-,14-,17?,18?/m0/s1. The summed E-state index contributed by atoms with van der Waals surface area (Å²) in [5, 5.41) is 2.77. The van der Waals surface area contributed by atoms with Crippen molar-refractivity contribution in [2.24, 2.45) is 17.3 Å². The zero-order valence-electron chi connectivity index (χ0n) is 13.6. The molecule has 4 nitrogen and oxygen atoms in total. The third-order valence-corrected chi connectivity index (χ3v) is 5.62. The van der Waals surface area contributed by atoms with Gasteiger partial charge in [-0.3, -0.25) is 5.32 Å². The average Bonchev–Trinajstić information content (AvgIpc) is 2.47. The highest BCUT2D eigenvalue weighted by molar-refractivity contribution is 5.84. The predicted molar refractivity (Wildman–Crippen MR) is 85.8 cm³/mol. The minimum Gasteiger partial charge on any atom is -0.449 e. The fourth-order valence-electron chi connectivity index (χ4n) is 4.18. The summed E-state index contributed by atoms with van der Waals surface area (Å²) in [7, 11) is 0. The second kappa shape index (κ2) is 5.58. The third kappa shape index (κ3) is 2.72. The second-order valence-electron chi connectivity index (χ2n) is 7.25. The Hall–Kier alpha value is -1.55. The van der Waals surface area contributed by atoms with E-state index in [2.05, 4.69) is 26.1 Å². The molecule has 3 fully saturated rings. The number of hydrogen-bond acceptors (Lipinski definition) is 3. The van der Waals surface area contributed by atoms with Gasteiger partial charge in [-0.15, -0.1) is 0 Å². The zero-order chi connectivity index (χ0) is 15.8. The number of rotatable bonds is 3. The molecule has 2 atom stereocenters. The smallest absolute Gasteiger partial charge is 0.411 e. The van der Waals surface area contributed by atoms with Gasteiger partial charge in [0.25, 0.3) is 0 Å². The molecule has 1 saturated carbocycles. The molecular formula is C18H25NO3. The Morgan fingerprint density at radius 2 is 1.91 bits per heavy atom. The Balaban J connectivity index is 1.62. The number of carbonyl (C=O) groups excluding carboxylic acids is 1. The van der Waals surface area contributed by atoms with Crippen molar-refractivity contribution < 1.29 is 14.3 Å². The van der Waals surface area contributed by atoms with Crippen molar-refractivity contribution >= 4 is 11.8 Å². The third-order valence-electron chi connectivity index (χ3n) is 5.62. The van der Waals surface area contributed by atoms with E-state index in [4.69, 9.17) is 9.47 Å². The lowest BCUT2D eigenvalue weighted by Crippen LogP contribution is -2.60. The number of nitrogens with one attached hydrogen (secondary N) is 1. The molecule has 1 aromatic rings. The maximum atomic E-state index is 12.0. The maximum Gasteiger partial charge on any atom is 0.411 e. The van der Waals surface area contributed by atoms with Crippen LogP contribution in [-0.2, 0) is 9.47 Å². The van der Waals surface area contributed by atoms with E-state index < -0.39 is 0 Å². The highest BCUT2D eigenvalue weighted by Gasteiger charge is 2.56. The molecule has 0 radical (unpaired) electrons. The second-order valence-corrected chi connectivity index (χ2v) is 7.25. The Morgan fingerprint density at radius 1 is 1.27 bits per heavy atom. The van der Waals surface area contributed by atoms with Crippen LogP contribution in [0.25, 0.3) is 0 Å². The molecular weight excluding hydrogens is 278 g/mol. The Bertz CT molecular complexity index is 531. The Labute approximate surface area is 132 Å². The van der Waals surface area contributed by atoms with Crippen LogP contribution in [0.1, 0.15) is 33.6 Å². The molecule has 22 heavy (non-hydrogen) atoms. The van der Waals surface area contributed by atoms with Gasteiger partial charge in [0.2, 0.25) is 0 Å². The van der Waals surface area contributed by atoms with Crippen molar-refractivity contribution in [3.63, 3.8) is 0 Å². The number of anilines is 1. The molecule has 1 aliphatic carbocycles. The molecule has 120 valence electrons. The van der Waals surface area contributed by atoms with Gasteiger partial charge in [0.1, 0.15) is 6.61 Å². The van der Waals surface area contributed by atoms with Crippen LogP contribution in [0, 0.1) is 17.3 Å². The molecule has 0 unspecified atom stereocenters. The van der Waals surface area contributed by atoms with Gasteiger partial charge in [-0.25, -0.2) is 4.79 Å². The molecule has 2 heterocycles. The van der Waals surface area contributed by atoms with E-state index in [1.807, 2.05) is 30.3 Å². The molecule has 3 aliphatic rings. The minimum absolute atomic E-state index is 0.00683. The Morgan fingerprint density at radius 3 is 2.50 bits per heavy atom. The first-order valence-electron chi connectivity index (χ1n) is 8.06. The quantitative estimate of drug-likeness (QED) is 0.915. The monoisotopic (exact) mass is 303 g/mol. The van der Waals surface area contributed by atoms with Crippen molar-refractivity contribution in [3.8, 4) is 0 Å². The Kier molecular flexibility index (Phi) is 3.89. The molecule has 2 saturated heterocycles. The maximum absolute atomic E-state index is 12.0. The van der Waals surface area contributed by atoms with Crippen LogP contribution in [0.15, 0.2) is 30.3 Å². The molecule has 1 N–H and O–H groups in total. The van der Waals surface area contributed by atoms with Crippen molar-refractivity contribution in [3.05, 3.63) is 30.3 Å². The van der Waals surface area contributed by atoms with Gasteiger partial charge < -0.3 is 9.47 Å². The van der Waals surface area contributed by atoms with Gasteiger partial charge in [0.05, 0.1) is 12.2 Å². The van der Waals surface area contributed by atoms with Gasteiger partial charge in [0.15, 0.2) is 0 Å². The van der Waals surface area contributed by atoms with Gasteiger partial charge in [0, 0.05) is 11.1 Å². The highest BCUT2D eigenvalue weighted by Crippen LogP contribution is 2.55. The summed E-state index contributed by atoms with van der Waals surface area (Å²) < 4.78 is 11.6. The summed E-state index contributed by atoms with van der Waals surface area (Å²) in [6.07, 6.45) is 1.70. The summed E-state index contributed by atoms with van der Waals surface area (Å²) in [6.45, 7) is 7.82. The van der Waals surface area contributed by atoms with Gasteiger partial charge in [-0.1, -0.05) is 32.0 Å². The van der Waals surface area contributed by atoms with E-state index in [1.165, 1.54) is 0 Å². The van der Waals surface area contributed by atoms with E-state index >= 15 is 0 Å². The molecule has 0 aromatic heterocycles. The van der Waals surface area contributed by atoms with Gasteiger partial charge in [-0.2, -0.15) is 0 Å². The van der Waals surface area contributed by atoms with E-state index in [0.717, 1.165) is 18.5 Å². The molecule has 2 bridgehead atoms. The van der Waals surface area contributed by atoms with Crippen LogP contribution in [0.2, 0.25) is 0 Å². The fraction of sp³-hybridized carbons (Fsp3) is 0.611. The van der Waals surface area contributed by atoms with Crippen LogP contribution in [0.4, 0.5) is 10.5 Å². The molecule has 2 aliphatic heterocycles. The first-order valence-corrected chi connectivity index (χ1v) is 8.06. The topological polar surface area (TPSA) is 47.6 Å². The van der Waals surface area contributed by atoms with Gasteiger partial charge in [-0.05, 0) is 43.7 Å². The van der Waals surface area contributed by atoms with E-state index in [0.29, 0.717) is 25.0 Å². The number of ether oxygens (including phenoxy) is 2. The molecule has 4 rings (SSSR count). The van der Waals surface area contributed by atoms with Crippen LogP contribution in [0.3, 0.4) is 0 Å². The van der Waals surface area contributed by atoms with Crippen molar-refractivity contribution in [2.45, 2.75) is 39.2 Å². The summed E-state index contributed by atoms with van der Waals surface area (Å²) in [5.41, 5.74) is 0.709. The number of para-hydroxylation sites is 1. The average molecular weight is 303 g/mol.